The van der Waals surface area contributed by atoms with Crippen LogP contribution in [-0.2, 0) is 20.9 Å². The molecular weight excluding hydrogens is 513 g/mol. The molecule has 35 heavy (non-hydrogen) atoms. The van der Waals surface area contributed by atoms with E-state index in [1.165, 1.54) is 29.5 Å². The van der Waals surface area contributed by atoms with Gasteiger partial charge in [-0.05, 0) is 41.3 Å². The Morgan fingerprint density at radius 2 is 1.69 bits per heavy atom. The quantitative estimate of drug-likeness (QED) is 0.149. The average molecular weight is 536 g/mol. The maximum absolute atomic E-state index is 13.3. The summed E-state index contributed by atoms with van der Waals surface area (Å²) in [7, 11) is -7.95. The minimum Gasteiger partial charge on any atom is -0.424 e. The van der Waals surface area contributed by atoms with Crippen LogP contribution in [0.1, 0.15) is 5.56 Å². The van der Waals surface area contributed by atoms with E-state index in [0.29, 0.717) is 5.56 Å². The van der Waals surface area contributed by atoms with E-state index < -0.39 is 28.6 Å². The highest BCUT2D eigenvalue weighted by Gasteiger charge is 2.25. The molecule has 0 radical (unpaired) electrons. The maximum Gasteiger partial charge on any atom is 0.390 e. The van der Waals surface area contributed by atoms with Crippen molar-refractivity contribution >= 4 is 44.5 Å². The van der Waals surface area contributed by atoms with Gasteiger partial charge in [-0.15, -0.1) is 11.3 Å². The standard InChI is InChI=1S/C22H19N2O7PS2.H3N/c25-24(26)18-9-11-19(12-10-18)31-32(27,28)15-23-14-17-6-2-4-8-21(17)34(29,30)22-13-16-5-1-3-7-20(16)33-22;/h1-13,23H,14-15H2,(H,27,28);1H3. The Morgan fingerprint density at radius 3 is 2.37 bits per heavy atom. The fourth-order valence-electron chi connectivity index (χ4n) is 3.27. The predicted molar refractivity (Wildman–Crippen MR) is 134 cm³/mol. The Morgan fingerprint density at radius 1 is 1.03 bits per heavy atom. The monoisotopic (exact) mass is 535 g/mol. The third-order valence-electron chi connectivity index (χ3n) is 4.85. The molecule has 0 bridgehead atoms. The van der Waals surface area contributed by atoms with Gasteiger partial charge >= 0.3 is 7.60 Å². The Labute approximate surface area is 205 Å². The summed E-state index contributed by atoms with van der Waals surface area (Å²) in [5.74, 6) is 0.00553. The van der Waals surface area contributed by atoms with E-state index in [0.717, 1.165) is 22.2 Å². The van der Waals surface area contributed by atoms with E-state index in [1.54, 1.807) is 24.3 Å². The summed E-state index contributed by atoms with van der Waals surface area (Å²) >= 11 is 1.18. The van der Waals surface area contributed by atoms with E-state index in [2.05, 4.69) is 5.32 Å². The van der Waals surface area contributed by atoms with Crippen LogP contribution in [0.4, 0.5) is 5.69 Å². The first-order chi connectivity index (χ1) is 16.2. The first-order valence-electron chi connectivity index (χ1n) is 9.94. The van der Waals surface area contributed by atoms with Crippen LogP contribution in [0.15, 0.2) is 88.0 Å². The Hall–Kier alpha value is -3.12. The topological polar surface area (TPSA) is 171 Å². The normalized spacial score (nSPS) is 13.1. The lowest BCUT2D eigenvalue weighted by Crippen LogP contribution is -2.18. The van der Waals surface area contributed by atoms with E-state index in [1.807, 2.05) is 24.3 Å². The number of sulfone groups is 1. The molecule has 3 aromatic carbocycles. The molecule has 5 N–H and O–H groups in total. The molecular formula is C22H22N3O7PS2. The van der Waals surface area contributed by atoms with Gasteiger partial charge in [0, 0.05) is 23.4 Å². The first-order valence-corrected chi connectivity index (χ1v) is 14.0. The number of nitro groups is 1. The number of nitro benzene ring substituents is 1. The molecule has 1 heterocycles. The van der Waals surface area contributed by atoms with Crippen LogP contribution >= 0.6 is 18.9 Å². The third-order valence-corrected chi connectivity index (χ3v) is 9.42. The molecule has 4 rings (SSSR count). The SMILES string of the molecule is N.O=[N+]([O-])c1ccc(OP(=O)(O)CNCc2ccccc2S(=O)(=O)c2cc3ccccc3s2)cc1. The fraction of sp³-hybridized carbons (Fsp3) is 0.0909. The summed E-state index contributed by atoms with van der Waals surface area (Å²) < 4.78 is 45.2. The fourth-order valence-corrected chi connectivity index (χ4v) is 7.19. The van der Waals surface area contributed by atoms with Gasteiger partial charge < -0.3 is 20.9 Å². The number of non-ortho nitro benzene ring substituents is 1. The summed E-state index contributed by atoms with van der Waals surface area (Å²) in [6.07, 6.45) is -0.457. The summed E-state index contributed by atoms with van der Waals surface area (Å²) in [5, 5.41) is 14.3. The number of benzene rings is 3. The lowest BCUT2D eigenvalue weighted by molar-refractivity contribution is -0.384. The van der Waals surface area contributed by atoms with E-state index in [-0.39, 0.29) is 33.2 Å². The molecule has 4 aromatic rings. The second kappa shape index (κ2) is 10.6. The van der Waals surface area contributed by atoms with E-state index >= 15 is 0 Å². The van der Waals surface area contributed by atoms with Crippen LogP contribution in [-0.4, -0.2) is 24.5 Å². The number of nitrogens with zero attached hydrogens (tertiary/aromatic N) is 1. The van der Waals surface area contributed by atoms with Crippen molar-refractivity contribution in [2.45, 2.75) is 15.6 Å². The zero-order valence-electron chi connectivity index (χ0n) is 18.2. The summed E-state index contributed by atoms with van der Waals surface area (Å²) in [5.41, 5.74) is 0.269. The molecule has 0 aliphatic heterocycles. The number of rotatable bonds is 9. The third kappa shape index (κ3) is 6.12. The zero-order chi connectivity index (χ0) is 24.3. The van der Waals surface area contributed by atoms with Crippen molar-refractivity contribution in [3.05, 3.63) is 94.5 Å². The van der Waals surface area contributed by atoms with E-state index in [9.17, 15) is 28.0 Å². The highest BCUT2D eigenvalue weighted by Crippen LogP contribution is 2.42. The van der Waals surface area contributed by atoms with Crippen LogP contribution < -0.4 is 16.0 Å². The van der Waals surface area contributed by atoms with Crippen molar-refractivity contribution in [3.8, 4) is 5.75 Å². The molecule has 1 unspecified atom stereocenters. The smallest absolute Gasteiger partial charge is 0.390 e. The zero-order valence-corrected chi connectivity index (χ0v) is 20.8. The Bertz CT molecular complexity index is 1470. The largest absolute Gasteiger partial charge is 0.424 e. The predicted octanol–water partition coefficient (Wildman–Crippen LogP) is 5.12. The average Bonchev–Trinajstić information content (AvgIpc) is 3.25. The minimum atomic E-state index is -4.15. The Balaban J connectivity index is 0.00000342. The molecule has 0 fully saturated rings. The number of hydrogen-bond donors (Lipinski definition) is 3. The molecule has 0 aliphatic carbocycles. The Kier molecular flexibility index (Phi) is 8.06. The number of hydrogen-bond acceptors (Lipinski definition) is 9. The first kappa shape index (κ1) is 26.5. The van der Waals surface area contributed by atoms with Gasteiger partial charge in [0.1, 0.15) is 16.2 Å². The molecule has 13 heteroatoms. The van der Waals surface area contributed by atoms with Crippen LogP contribution in [0.25, 0.3) is 10.1 Å². The van der Waals surface area contributed by atoms with Gasteiger partial charge in [0.2, 0.25) is 9.84 Å². The van der Waals surface area contributed by atoms with Crippen molar-refractivity contribution in [2.24, 2.45) is 0 Å². The van der Waals surface area contributed by atoms with Gasteiger partial charge in [-0.25, -0.2) is 13.0 Å². The van der Waals surface area contributed by atoms with Crippen molar-refractivity contribution in [2.75, 3.05) is 6.29 Å². The van der Waals surface area contributed by atoms with Gasteiger partial charge in [0.05, 0.1) is 9.82 Å². The number of nitrogens with one attached hydrogen (secondary N) is 1. The van der Waals surface area contributed by atoms with Gasteiger partial charge in [-0.1, -0.05) is 36.4 Å². The second-order valence-electron chi connectivity index (χ2n) is 7.28. The molecule has 0 spiro atoms. The molecule has 184 valence electrons. The maximum atomic E-state index is 13.3. The molecule has 0 aliphatic rings. The van der Waals surface area contributed by atoms with Gasteiger partial charge in [-0.3, -0.25) is 10.1 Å². The lowest BCUT2D eigenvalue weighted by atomic mass is 10.2. The van der Waals surface area contributed by atoms with Crippen molar-refractivity contribution in [1.82, 2.24) is 11.5 Å². The molecule has 10 nitrogen and oxygen atoms in total. The van der Waals surface area contributed by atoms with Gasteiger partial charge in [0.25, 0.3) is 5.69 Å². The minimum absolute atomic E-state index is 0. The van der Waals surface area contributed by atoms with E-state index in [4.69, 9.17) is 4.52 Å². The highest BCUT2D eigenvalue weighted by molar-refractivity contribution is 7.93. The molecule has 0 saturated carbocycles. The van der Waals surface area contributed by atoms with Gasteiger partial charge in [0.15, 0.2) is 0 Å². The van der Waals surface area contributed by atoms with Crippen molar-refractivity contribution in [1.29, 1.82) is 0 Å². The lowest BCUT2D eigenvalue weighted by Gasteiger charge is -2.15. The summed E-state index contributed by atoms with van der Waals surface area (Å²) in [4.78, 5) is 20.4. The number of thiophene rings is 1. The highest BCUT2D eigenvalue weighted by atomic mass is 32.2. The van der Waals surface area contributed by atoms with Crippen molar-refractivity contribution < 1.29 is 27.3 Å². The summed E-state index contributed by atoms with van der Waals surface area (Å²) in [6.45, 7) is 0.00840. The molecule has 1 aromatic heterocycles. The van der Waals surface area contributed by atoms with Crippen LogP contribution in [0, 0.1) is 10.1 Å². The molecule has 0 saturated heterocycles. The number of fused-ring (bicyclic) bond motifs is 1. The molecule has 1 atom stereocenters. The van der Waals surface area contributed by atoms with Crippen LogP contribution in [0.2, 0.25) is 0 Å². The van der Waals surface area contributed by atoms with Crippen LogP contribution in [0.5, 0.6) is 5.75 Å². The summed E-state index contributed by atoms with van der Waals surface area (Å²) in [6, 6.07) is 20.3. The van der Waals surface area contributed by atoms with Gasteiger partial charge in [-0.2, -0.15) is 0 Å². The molecule has 0 amide bonds. The second-order valence-corrected chi connectivity index (χ2v) is 12.3. The van der Waals surface area contributed by atoms with Crippen molar-refractivity contribution in [3.63, 3.8) is 0 Å². The van der Waals surface area contributed by atoms with Crippen LogP contribution in [0.3, 0.4) is 0 Å².